The minimum absolute atomic E-state index is 0.223. The molecule has 1 fully saturated rings. The monoisotopic (exact) mass is 384 g/mol. The summed E-state index contributed by atoms with van der Waals surface area (Å²) >= 11 is 0. The molecule has 0 spiro atoms. The van der Waals surface area contributed by atoms with Crippen LogP contribution < -0.4 is 20.9 Å². The third kappa shape index (κ3) is 5.82. The van der Waals surface area contributed by atoms with Crippen molar-refractivity contribution in [2.45, 2.75) is 20.8 Å². The Labute approximate surface area is 165 Å². The molecule has 1 aliphatic rings. The molecule has 3 rings (SSSR count). The Balaban J connectivity index is 1.46. The molecule has 8 nitrogen and oxygen atoms in total. The van der Waals surface area contributed by atoms with Gasteiger partial charge in [0, 0.05) is 37.9 Å². The molecule has 0 unspecified atom stereocenters. The van der Waals surface area contributed by atoms with E-state index < -0.39 is 0 Å². The average Bonchev–Trinajstić information content (AvgIpc) is 2.65. The number of urea groups is 1. The predicted octanol–water partition coefficient (Wildman–Crippen LogP) is 2.47. The van der Waals surface area contributed by atoms with Crippen LogP contribution in [-0.4, -0.2) is 55.4 Å². The molecule has 1 aliphatic heterocycles. The molecular weight excluding hydrogens is 356 g/mol. The fraction of sp³-hybridized carbons (Fsp3) is 0.450. The molecule has 150 valence electrons. The fourth-order valence-electron chi connectivity index (χ4n) is 3.19. The fourth-order valence-corrected chi connectivity index (χ4v) is 3.19. The maximum Gasteiger partial charge on any atom is 0.319 e. The van der Waals surface area contributed by atoms with Crippen molar-refractivity contribution in [1.82, 2.24) is 15.3 Å². The third-order valence-electron chi connectivity index (χ3n) is 4.36. The number of nitrogens with one attached hydrogen (secondary N) is 3. The van der Waals surface area contributed by atoms with Gasteiger partial charge in [0.05, 0.1) is 13.2 Å². The standard InChI is InChI=1S/C20H28N6O2/c1-14-10-15(2)12-17(11-14)25-20(27)22-5-4-21-18-13-19(24-16(3)23-18)26-6-8-28-9-7-26/h10-13H,4-9H2,1-3H3,(H,21,23,24)(H2,22,25,27). The van der Waals surface area contributed by atoms with E-state index in [1.807, 2.05) is 39.0 Å². The summed E-state index contributed by atoms with van der Waals surface area (Å²) < 4.78 is 5.39. The number of anilines is 3. The van der Waals surface area contributed by atoms with Gasteiger partial charge in [-0.1, -0.05) is 6.07 Å². The van der Waals surface area contributed by atoms with Crippen LogP contribution in [0.1, 0.15) is 17.0 Å². The Morgan fingerprint density at radius 3 is 2.46 bits per heavy atom. The molecule has 3 N–H and O–H groups in total. The molecule has 0 saturated carbocycles. The van der Waals surface area contributed by atoms with E-state index in [2.05, 4.69) is 36.9 Å². The van der Waals surface area contributed by atoms with E-state index in [-0.39, 0.29) is 6.03 Å². The van der Waals surface area contributed by atoms with Gasteiger partial charge in [0.25, 0.3) is 0 Å². The number of morpholine rings is 1. The Hall–Kier alpha value is -2.87. The summed E-state index contributed by atoms with van der Waals surface area (Å²) in [7, 11) is 0. The smallest absolute Gasteiger partial charge is 0.319 e. The van der Waals surface area contributed by atoms with Gasteiger partial charge in [-0.2, -0.15) is 0 Å². The Kier molecular flexibility index (Phi) is 6.65. The number of carbonyl (C=O) groups is 1. The van der Waals surface area contributed by atoms with E-state index in [1.54, 1.807) is 0 Å². The SMILES string of the molecule is Cc1cc(C)cc(NC(=O)NCCNc2cc(N3CCOCC3)nc(C)n2)c1. The van der Waals surface area contributed by atoms with Gasteiger partial charge in [-0.25, -0.2) is 14.8 Å². The number of aryl methyl sites for hydroxylation is 3. The van der Waals surface area contributed by atoms with Crippen molar-refractivity contribution in [2.75, 3.05) is 54.9 Å². The van der Waals surface area contributed by atoms with E-state index in [9.17, 15) is 4.79 Å². The van der Waals surface area contributed by atoms with Crippen LogP contribution in [0.2, 0.25) is 0 Å². The van der Waals surface area contributed by atoms with Crippen LogP contribution in [0.5, 0.6) is 0 Å². The van der Waals surface area contributed by atoms with E-state index in [1.165, 1.54) is 0 Å². The van der Waals surface area contributed by atoms with Crippen molar-refractivity contribution in [3.05, 3.63) is 41.2 Å². The lowest BCUT2D eigenvalue weighted by molar-refractivity contribution is 0.122. The van der Waals surface area contributed by atoms with E-state index in [0.717, 1.165) is 41.5 Å². The van der Waals surface area contributed by atoms with Gasteiger partial charge in [0.2, 0.25) is 0 Å². The summed E-state index contributed by atoms with van der Waals surface area (Å²) in [5.74, 6) is 2.37. The highest BCUT2D eigenvalue weighted by molar-refractivity contribution is 5.89. The van der Waals surface area contributed by atoms with E-state index in [4.69, 9.17) is 4.74 Å². The van der Waals surface area contributed by atoms with Gasteiger partial charge >= 0.3 is 6.03 Å². The van der Waals surface area contributed by atoms with Gasteiger partial charge in [-0.15, -0.1) is 0 Å². The Morgan fingerprint density at radius 1 is 1.04 bits per heavy atom. The summed E-state index contributed by atoms with van der Waals surface area (Å²) in [5, 5.41) is 8.96. The molecule has 28 heavy (non-hydrogen) atoms. The largest absolute Gasteiger partial charge is 0.378 e. The number of carbonyl (C=O) groups excluding carboxylic acids is 1. The van der Waals surface area contributed by atoms with E-state index >= 15 is 0 Å². The van der Waals surface area contributed by atoms with Gasteiger partial charge in [-0.05, 0) is 44.0 Å². The van der Waals surface area contributed by atoms with Crippen molar-refractivity contribution in [3.63, 3.8) is 0 Å². The number of hydrogen-bond acceptors (Lipinski definition) is 6. The van der Waals surface area contributed by atoms with Crippen LogP contribution in [0.3, 0.4) is 0 Å². The van der Waals surface area contributed by atoms with Crippen molar-refractivity contribution in [1.29, 1.82) is 0 Å². The minimum atomic E-state index is -0.223. The lowest BCUT2D eigenvalue weighted by Gasteiger charge is -2.28. The van der Waals surface area contributed by atoms with Gasteiger partial charge < -0.3 is 25.6 Å². The quantitative estimate of drug-likeness (QED) is 0.663. The molecule has 2 heterocycles. The second kappa shape index (κ2) is 9.36. The summed E-state index contributed by atoms with van der Waals surface area (Å²) in [6.07, 6.45) is 0. The van der Waals surface area contributed by atoms with Gasteiger partial charge in [0.1, 0.15) is 17.5 Å². The molecule has 2 amide bonds. The van der Waals surface area contributed by atoms with Crippen molar-refractivity contribution in [2.24, 2.45) is 0 Å². The second-order valence-corrected chi connectivity index (χ2v) is 6.94. The molecule has 1 aromatic carbocycles. The molecule has 0 atom stereocenters. The highest BCUT2D eigenvalue weighted by atomic mass is 16.5. The lowest BCUT2D eigenvalue weighted by atomic mass is 10.1. The molecular formula is C20H28N6O2. The van der Waals surface area contributed by atoms with Crippen molar-refractivity contribution in [3.8, 4) is 0 Å². The van der Waals surface area contributed by atoms with Crippen molar-refractivity contribution < 1.29 is 9.53 Å². The number of aromatic nitrogens is 2. The molecule has 8 heteroatoms. The predicted molar refractivity (Wildman–Crippen MR) is 111 cm³/mol. The van der Waals surface area contributed by atoms with Crippen LogP contribution >= 0.6 is 0 Å². The first-order valence-electron chi connectivity index (χ1n) is 9.55. The third-order valence-corrected chi connectivity index (χ3v) is 4.36. The summed E-state index contributed by atoms with van der Waals surface area (Å²) in [4.78, 5) is 23.2. The highest BCUT2D eigenvalue weighted by Gasteiger charge is 2.14. The first-order chi connectivity index (χ1) is 13.5. The highest BCUT2D eigenvalue weighted by Crippen LogP contribution is 2.17. The van der Waals surface area contributed by atoms with Gasteiger partial charge in [-0.3, -0.25) is 0 Å². The normalized spacial score (nSPS) is 13.9. The first-order valence-corrected chi connectivity index (χ1v) is 9.55. The zero-order valence-electron chi connectivity index (χ0n) is 16.7. The minimum Gasteiger partial charge on any atom is -0.378 e. The molecule has 1 saturated heterocycles. The maximum absolute atomic E-state index is 12.1. The summed E-state index contributed by atoms with van der Waals surface area (Å²) in [5.41, 5.74) is 3.03. The summed E-state index contributed by atoms with van der Waals surface area (Å²) in [6, 6.07) is 7.68. The number of rotatable bonds is 6. The van der Waals surface area contributed by atoms with Crippen LogP contribution in [0.4, 0.5) is 22.1 Å². The van der Waals surface area contributed by atoms with Crippen LogP contribution in [0.15, 0.2) is 24.3 Å². The van der Waals surface area contributed by atoms with E-state index in [0.29, 0.717) is 32.1 Å². The van der Waals surface area contributed by atoms with Gasteiger partial charge in [0.15, 0.2) is 0 Å². The Bertz CT molecular complexity index is 800. The average molecular weight is 384 g/mol. The number of nitrogens with zero attached hydrogens (tertiary/aromatic N) is 3. The summed E-state index contributed by atoms with van der Waals surface area (Å²) in [6.45, 7) is 10.0. The topological polar surface area (TPSA) is 91.4 Å². The number of amides is 2. The maximum atomic E-state index is 12.1. The molecule has 2 aromatic rings. The zero-order chi connectivity index (χ0) is 19.9. The number of benzene rings is 1. The van der Waals surface area contributed by atoms with Crippen molar-refractivity contribution >= 4 is 23.4 Å². The van der Waals surface area contributed by atoms with Crippen LogP contribution in [0.25, 0.3) is 0 Å². The van der Waals surface area contributed by atoms with Crippen LogP contribution in [-0.2, 0) is 4.74 Å². The number of hydrogen-bond donors (Lipinski definition) is 3. The second-order valence-electron chi connectivity index (χ2n) is 6.94. The molecule has 1 aromatic heterocycles. The first kappa shape index (κ1) is 19.9. The number of ether oxygens (including phenoxy) is 1. The Morgan fingerprint density at radius 2 is 1.75 bits per heavy atom. The molecule has 0 radical (unpaired) electrons. The molecule has 0 bridgehead atoms. The van der Waals surface area contributed by atoms with Crippen LogP contribution in [0, 0.1) is 20.8 Å². The molecule has 0 aliphatic carbocycles. The zero-order valence-corrected chi connectivity index (χ0v) is 16.7. The lowest BCUT2D eigenvalue weighted by Crippen LogP contribution is -2.37.